The van der Waals surface area contributed by atoms with E-state index in [9.17, 15) is 18.0 Å². The maximum Gasteiger partial charge on any atom is 0.417 e. The highest BCUT2D eigenvalue weighted by atomic mass is 32.1. The number of hydrogen-bond acceptors (Lipinski definition) is 5. The van der Waals surface area contributed by atoms with Crippen molar-refractivity contribution in [3.05, 3.63) is 51.8 Å². The van der Waals surface area contributed by atoms with Gasteiger partial charge in [0, 0.05) is 22.5 Å². The highest BCUT2D eigenvalue weighted by Crippen LogP contribution is 2.42. The molecular weight excluding hydrogens is 351 g/mol. The monoisotopic (exact) mass is 365 g/mol. The summed E-state index contributed by atoms with van der Waals surface area (Å²) in [5, 5.41) is -0.205. The Morgan fingerprint density at radius 2 is 1.92 bits per heavy atom. The summed E-state index contributed by atoms with van der Waals surface area (Å²) < 4.78 is 39.9. The number of aromatic nitrogens is 2. The topological polar surface area (TPSA) is 68.9 Å². The summed E-state index contributed by atoms with van der Waals surface area (Å²) in [7, 11) is 0. The molecule has 2 N–H and O–H groups in total. The fourth-order valence-electron chi connectivity index (χ4n) is 2.62. The van der Waals surface area contributed by atoms with Crippen molar-refractivity contribution in [1.29, 1.82) is 0 Å². The number of aryl methyl sites for hydroxylation is 2. The number of rotatable bonds is 3. The number of alkyl halides is 3. The third-order valence-electron chi connectivity index (χ3n) is 3.67. The molecule has 0 amide bonds. The number of thiophene rings is 1. The molecule has 0 bridgehead atoms. The molecule has 3 aromatic rings. The summed E-state index contributed by atoms with van der Waals surface area (Å²) in [5.74, 6) is -0.371. The van der Waals surface area contributed by atoms with Crippen LogP contribution in [0.3, 0.4) is 0 Å². The van der Waals surface area contributed by atoms with Gasteiger partial charge in [-0.05, 0) is 32.0 Å². The van der Waals surface area contributed by atoms with Crippen molar-refractivity contribution in [2.24, 2.45) is 0 Å². The molecule has 0 spiro atoms. The standard InChI is InChI=1S/C17H14F3N3OS/c1-8-4-3-5-10(22-8)7-12(24)15-14(21)13-11(17(18,19)20)6-9(2)23-16(13)25-15/h3-6H,7,21H2,1-2H3. The largest absolute Gasteiger partial charge is 0.417 e. The Bertz CT molecular complexity index is 979. The first-order chi connectivity index (χ1) is 11.7. The van der Waals surface area contributed by atoms with Gasteiger partial charge in [0.1, 0.15) is 4.83 Å². The van der Waals surface area contributed by atoms with Crippen LogP contribution in [0.5, 0.6) is 0 Å². The number of nitrogens with zero attached hydrogens (tertiary/aromatic N) is 2. The summed E-state index contributed by atoms with van der Waals surface area (Å²) in [4.78, 5) is 21.1. The molecule has 8 heteroatoms. The van der Waals surface area contributed by atoms with E-state index in [1.54, 1.807) is 25.1 Å². The first kappa shape index (κ1) is 17.3. The Hall–Kier alpha value is -2.48. The van der Waals surface area contributed by atoms with Gasteiger partial charge >= 0.3 is 6.18 Å². The lowest BCUT2D eigenvalue weighted by Gasteiger charge is -2.09. The van der Waals surface area contributed by atoms with E-state index in [1.807, 2.05) is 0 Å². The Balaban J connectivity index is 2.08. The number of nitrogens with two attached hydrogens (primary N) is 1. The third kappa shape index (κ3) is 3.34. The van der Waals surface area contributed by atoms with E-state index in [2.05, 4.69) is 9.97 Å². The van der Waals surface area contributed by atoms with Crippen molar-refractivity contribution in [3.63, 3.8) is 0 Å². The molecular formula is C17H14F3N3OS. The second-order valence-corrected chi connectivity index (χ2v) is 6.70. The summed E-state index contributed by atoms with van der Waals surface area (Å²) in [6, 6.07) is 6.20. The van der Waals surface area contributed by atoms with E-state index >= 15 is 0 Å². The zero-order chi connectivity index (χ0) is 18.4. The van der Waals surface area contributed by atoms with Crippen molar-refractivity contribution in [2.45, 2.75) is 26.4 Å². The Morgan fingerprint density at radius 3 is 2.56 bits per heavy atom. The van der Waals surface area contributed by atoms with Crippen LogP contribution in [0, 0.1) is 13.8 Å². The summed E-state index contributed by atoms with van der Waals surface area (Å²) in [6.45, 7) is 3.27. The number of fused-ring (bicyclic) bond motifs is 1. The smallest absolute Gasteiger partial charge is 0.397 e. The molecule has 0 aliphatic heterocycles. The van der Waals surface area contributed by atoms with Crippen LogP contribution < -0.4 is 5.73 Å². The van der Waals surface area contributed by atoms with Gasteiger partial charge < -0.3 is 5.73 Å². The normalized spacial score (nSPS) is 11.9. The molecule has 25 heavy (non-hydrogen) atoms. The average molecular weight is 365 g/mol. The van der Waals surface area contributed by atoms with Gasteiger partial charge in [0.25, 0.3) is 0 Å². The zero-order valence-corrected chi connectivity index (χ0v) is 14.3. The van der Waals surface area contributed by atoms with Crippen molar-refractivity contribution >= 4 is 33.0 Å². The van der Waals surface area contributed by atoms with E-state index in [1.165, 1.54) is 6.92 Å². The van der Waals surface area contributed by atoms with E-state index in [4.69, 9.17) is 5.73 Å². The number of carbonyl (C=O) groups is 1. The number of Topliss-reactive ketones (excluding diaryl/α,β-unsaturated/α-hetero) is 1. The minimum atomic E-state index is -4.57. The van der Waals surface area contributed by atoms with Gasteiger partial charge in [-0.25, -0.2) is 4.98 Å². The van der Waals surface area contributed by atoms with E-state index in [0.717, 1.165) is 23.1 Å². The van der Waals surface area contributed by atoms with Crippen molar-refractivity contribution in [2.75, 3.05) is 5.73 Å². The van der Waals surface area contributed by atoms with Crippen LogP contribution in [-0.2, 0) is 12.6 Å². The molecule has 0 aliphatic carbocycles. The van der Waals surface area contributed by atoms with E-state index in [0.29, 0.717) is 5.69 Å². The molecule has 0 saturated heterocycles. The highest BCUT2D eigenvalue weighted by molar-refractivity contribution is 7.21. The molecule has 3 aromatic heterocycles. The van der Waals surface area contributed by atoms with Crippen LogP contribution in [0.1, 0.15) is 32.3 Å². The number of pyridine rings is 2. The Morgan fingerprint density at radius 1 is 1.20 bits per heavy atom. The second kappa shape index (κ2) is 6.11. The number of halogens is 3. The van der Waals surface area contributed by atoms with Gasteiger partial charge in [-0.3, -0.25) is 9.78 Å². The van der Waals surface area contributed by atoms with Crippen LogP contribution in [0.2, 0.25) is 0 Å². The zero-order valence-electron chi connectivity index (χ0n) is 13.4. The average Bonchev–Trinajstić information content (AvgIpc) is 2.82. The predicted molar refractivity (Wildman–Crippen MR) is 90.8 cm³/mol. The highest BCUT2D eigenvalue weighted by Gasteiger charge is 2.35. The number of anilines is 1. The summed E-state index contributed by atoms with van der Waals surface area (Å²) >= 11 is 0.886. The summed E-state index contributed by atoms with van der Waals surface area (Å²) in [5.41, 5.74) is 6.39. The van der Waals surface area contributed by atoms with Gasteiger partial charge in [0.2, 0.25) is 0 Å². The maximum absolute atomic E-state index is 13.3. The van der Waals surface area contributed by atoms with Gasteiger partial charge in [0.15, 0.2) is 5.78 Å². The van der Waals surface area contributed by atoms with Crippen LogP contribution in [0.4, 0.5) is 18.9 Å². The van der Waals surface area contributed by atoms with Gasteiger partial charge in [-0.2, -0.15) is 13.2 Å². The SMILES string of the molecule is Cc1cccc(CC(=O)c2sc3nc(C)cc(C(F)(F)F)c3c2N)n1. The molecule has 0 aromatic carbocycles. The van der Waals surface area contributed by atoms with Gasteiger partial charge in [0.05, 0.1) is 22.5 Å². The molecule has 0 aliphatic rings. The van der Waals surface area contributed by atoms with Gasteiger partial charge in [-0.15, -0.1) is 11.3 Å². The van der Waals surface area contributed by atoms with Gasteiger partial charge in [-0.1, -0.05) is 6.07 Å². The lowest BCUT2D eigenvalue weighted by molar-refractivity contribution is -0.136. The molecule has 0 radical (unpaired) electrons. The number of ketones is 1. The first-order valence-corrected chi connectivity index (χ1v) is 8.21. The lowest BCUT2D eigenvalue weighted by atomic mass is 10.1. The van der Waals surface area contributed by atoms with Crippen LogP contribution in [0.25, 0.3) is 10.2 Å². The van der Waals surface area contributed by atoms with Crippen molar-refractivity contribution in [3.8, 4) is 0 Å². The lowest BCUT2D eigenvalue weighted by Crippen LogP contribution is -2.09. The van der Waals surface area contributed by atoms with E-state index in [-0.39, 0.29) is 38.7 Å². The van der Waals surface area contributed by atoms with Crippen LogP contribution in [-0.4, -0.2) is 15.8 Å². The molecule has 130 valence electrons. The predicted octanol–water partition coefficient (Wildman–Crippen LogP) is 4.33. The van der Waals surface area contributed by atoms with Crippen molar-refractivity contribution in [1.82, 2.24) is 9.97 Å². The molecule has 0 saturated carbocycles. The molecule has 0 fully saturated rings. The summed E-state index contributed by atoms with van der Waals surface area (Å²) in [6.07, 6.45) is -4.60. The molecule has 3 rings (SSSR count). The fraction of sp³-hybridized carbons (Fsp3) is 0.235. The van der Waals surface area contributed by atoms with E-state index < -0.39 is 11.7 Å². The molecule has 0 unspecified atom stereocenters. The first-order valence-electron chi connectivity index (χ1n) is 7.39. The fourth-order valence-corrected chi connectivity index (χ4v) is 3.72. The van der Waals surface area contributed by atoms with Crippen LogP contribution in [0.15, 0.2) is 24.3 Å². The maximum atomic E-state index is 13.3. The number of hydrogen-bond donors (Lipinski definition) is 1. The molecule has 4 nitrogen and oxygen atoms in total. The van der Waals surface area contributed by atoms with Crippen molar-refractivity contribution < 1.29 is 18.0 Å². The Kier molecular flexibility index (Phi) is 4.24. The third-order valence-corrected chi connectivity index (χ3v) is 4.81. The number of carbonyl (C=O) groups excluding carboxylic acids is 1. The molecule has 3 heterocycles. The Labute approximate surface area is 145 Å². The quantitative estimate of drug-likeness (QED) is 0.701. The number of nitrogen functional groups attached to an aromatic ring is 1. The minimum absolute atomic E-state index is 0.0287. The minimum Gasteiger partial charge on any atom is -0.397 e. The second-order valence-electron chi connectivity index (χ2n) is 5.70. The van der Waals surface area contributed by atoms with Crippen LogP contribution >= 0.6 is 11.3 Å². The molecule has 0 atom stereocenters.